The van der Waals surface area contributed by atoms with E-state index in [0.29, 0.717) is 12.1 Å². The van der Waals surface area contributed by atoms with Crippen molar-refractivity contribution in [2.45, 2.75) is 39.8 Å². The summed E-state index contributed by atoms with van der Waals surface area (Å²) in [5.74, 6) is 0. The molecule has 0 amide bonds. The zero-order chi connectivity index (χ0) is 14.7. The molecule has 0 saturated carbocycles. The van der Waals surface area contributed by atoms with Gasteiger partial charge in [-0.25, -0.2) is 0 Å². The SMILES string of the molecule is Cc1ccc(C(C)N[C@@H](C)c2ccccc2Br)c(C)c1. The lowest BCUT2D eigenvalue weighted by Crippen LogP contribution is -2.23. The number of aryl methyl sites for hydroxylation is 2. The minimum absolute atomic E-state index is 0.307. The Morgan fingerprint density at radius 2 is 1.55 bits per heavy atom. The highest BCUT2D eigenvalue weighted by Crippen LogP contribution is 2.26. The molecule has 1 unspecified atom stereocenters. The van der Waals surface area contributed by atoms with Crippen LogP contribution in [0.25, 0.3) is 0 Å². The smallest absolute Gasteiger partial charge is 0.0308 e. The molecule has 0 fully saturated rings. The fourth-order valence-corrected chi connectivity index (χ4v) is 3.32. The molecular weight excluding hydrogens is 310 g/mol. The van der Waals surface area contributed by atoms with Gasteiger partial charge in [-0.15, -0.1) is 0 Å². The lowest BCUT2D eigenvalue weighted by molar-refractivity contribution is 0.492. The first-order valence-corrected chi connectivity index (χ1v) is 7.86. The van der Waals surface area contributed by atoms with E-state index in [1.165, 1.54) is 22.3 Å². The molecule has 2 atom stereocenters. The summed E-state index contributed by atoms with van der Waals surface area (Å²) in [6, 6.07) is 15.7. The second kappa shape index (κ2) is 6.55. The minimum atomic E-state index is 0.307. The largest absolute Gasteiger partial charge is 0.304 e. The molecule has 20 heavy (non-hydrogen) atoms. The normalized spacial score (nSPS) is 14.1. The van der Waals surface area contributed by atoms with Crippen LogP contribution in [-0.2, 0) is 0 Å². The van der Waals surface area contributed by atoms with Crippen molar-refractivity contribution in [1.82, 2.24) is 5.32 Å². The summed E-state index contributed by atoms with van der Waals surface area (Å²) >= 11 is 3.63. The van der Waals surface area contributed by atoms with E-state index in [1.54, 1.807) is 0 Å². The van der Waals surface area contributed by atoms with Crippen LogP contribution in [0, 0.1) is 13.8 Å². The second-order valence-electron chi connectivity index (χ2n) is 5.49. The number of benzene rings is 2. The molecule has 0 aliphatic heterocycles. The quantitative estimate of drug-likeness (QED) is 0.782. The maximum absolute atomic E-state index is 3.68. The van der Waals surface area contributed by atoms with E-state index in [4.69, 9.17) is 0 Å². The molecule has 0 aliphatic carbocycles. The molecule has 0 spiro atoms. The molecule has 2 rings (SSSR count). The summed E-state index contributed by atoms with van der Waals surface area (Å²) in [5, 5.41) is 3.68. The Bertz CT molecular complexity index is 592. The van der Waals surface area contributed by atoms with Crippen LogP contribution in [-0.4, -0.2) is 0 Å². The fourth-order valence-electron chi connectivity index (χ4n) is 2.69. The van der Waals surface area contributed by atoms with E-state index in [9.17, 15) is 0 Å². The van der Waals surface area contributed by atoms with Gasteiger partial charge >= 0.3 is 0 Å². The van der Waals surface area contributed by atoms with Gasteiger partial charge in [-0.1, -0.05) is 57.9 Å². The number of hydrogen-bond donors (Lipinski definition) is 1. The van der Waals surface area contributed by atoms with Crippen LogP contribution in [0.3, 0.4) is 0 Å². The van der Waals surface area contributed by atoms with E-state index < -0.39 is 0 Å². The zero-order valence-electron chi connectivity index (χ0n) is 12.6. The van der Waals surface area contributed by atoms with Gasteiger partial charge in [0.25, 0.3) is 0 Å². The Labute approximate surface area is 130 Å². The van der Waals surface area contributed by atoms with E-state index >= 15 is 0 Å². The highest BCUT2D eigenvalue weighted by atomic mass is 79.9. The molecule has 2 aromatic rings. The maximum Gasteiger partial charge on any atom is 0.0308 e. The molecule has 0 aromatic heterocycles. The molecular formula is C18H22BrN. The van der Waals surface area contributed by atoms with Crippen LogP contribution in [0.1, 0.15) is 48.2 Å². The van der Waals surface area contributed by atoms with Gasteiger partial charge in [0.15, 0.2) is 0 Å². The summed E-state index contributed by atoms with van der Waals surface area (Å²) < 4.78 is 1.16. The molecule has 0 bridgehead atoms. The summed E-state index contributed by atoms with van der Waals surface area (Å²) in [6.07, 6.45) is 0. The van der Waals surface area contributed by atoms with Crippen LogP contribution >= 0.6 is 15.9 Å². The molecule has 2 aromatic carbocycles. The predicted molar refractivity (Wildman–Crippen MR) is 90.0 cm³/mol. The summed E-state index contributed by atoms with van der Waals surface area (Å²) in [4.78, 5) is 0. The first kappa shape index (κ1) is 15.3. The molecule has 1 nitrogen and oxygen atoms in total. The zero-order valence-corrected chi connectivity index (χ0v) is 14.2. The van der Waals surface area contributed by atoms with Gasteiger partial charge < -0.3 is 5.32 Å². The lowest BCUT2D eigenvalue weighted by atomic mass is 9.99. The molecule has 0 saturated heterocycles. The van der Waals surface area contributed by atoms with Gasteiger partial charge in [0.05, 0.1) is 0 Å². The van der Waals surface area contributed by atoms with Crippen LogP contribution in [0.5, 0.6) is 0 Å². The van der Waals surface area contributed by atoms with Crippen molar-refractivity contribution in [1.29, 1.82) is 0 Å². The Hall–Kier alpha value is -1.12. The molecule has 0 radical (unpaired) electrons. The minimum Gasteiger partial charge on any atom is -0.304 e. The number of rotatable bonds is 4. The van der Waals surface area contributed by atoms with Crippen LogP contribution in [0.2, 0.25) is 0 Å². The van der Waals surface area contributed by atoms with Crippen molar-refractivity contribution in [2.24, 2.45) is 0 Å². The summed E-state index contributed by atoms with van der Waals surface area (Å²) in [6.45, 7) is 8.76. The van der Waals surface area contributed by atoms with Gasteiger partial charge in [0.2, 0.25) is 0 Å². The van der Waals surface area contributed by atoms with Crippen LogP contribution in [0.15, 0.2) is 46.9 Å². The van der Waals surface area contributed by atoms with Crippen molar-refractivity contribution in [3.8, 4) is 0 Å². The van der Waals surface area contributed by atoms with E-state index in [0.717, 1.165) is 4.47 Å². The molecule has 1 N–H and O–H groups in total. The topological polar surface area (TPSA) is 12.0 Å². The lowest BCUT2D eigenvalue weighted by Gasteiger charge is -2.23. The number of halogens is 1. The van der Waals surface area contributed by atoms with E-state index in [-0.39, 0.29) is 0 Å². The Morgan fingerprint density at radius 1 is 0.900 bits per heavy atom. The van der Waals surface area contributed by atoms with Gasteiger partial charge in [-0.05, 0) is 50.5 Å². The van der Waals surface area contributed by atoms with Crippen molar-refractivity contribution in [2.75, 3.05) is 0 Å². The third-order valence-electron chi connectivity index (χ3n) is 3.76. The standard InChI is InChI=1S/C18H22BrN/c1-12-9-10-16(13(2)11-12)14(3)20-15(4)17-7-5-6-8-18(17)19/h5-11,14-15,20H,1-4H3/t14?,15-/m0/s1. The van der Waals surface area contributed by atoms with E-state index in [1.807, 2.05) is 6.07 Å². The van der Waals surface area contributed by atoms with Gasteiger partial charge in [-0.2, -0.15) is 0 Å². The van der Waals surface area contributed by atoms with E-state index in [2.05, 4.69) is 85.3 Å². The van der Waals surface area contributed by atoms with Crippen LogP contribution < -0.4 is 5.32 Å². The van der Waals surface area contributed by atoms with Gasteiger partial charge in [0, 0.05) is 16.6 Å². The highest BCUT2D eigenvalue weighted by molar-refractivity contribution is 9.10. The number of nitrogens with one attached hydrogen (secondary N) is 1. The van der Waals surface area contributed by atoms with Crippen molar-refractivity contribution in [3.63, 3.8) is 0 Å². The van der Waals surface area contributed by atoms with Crippen molar-refractivity contribution < 1.29 is 0 Å². The monoisotopic (exact) mass is 331 g/mol. The third kappa shape index (κ3) is 3.50. The third-order valence-corrected chi connectivity index (χ3v) is 4.49. The molecule has 2 heteroatoms. The van der Waals surface area contributed by atoms with Crippen LogP contribution in [0.4, 0.5) is 0 Å². The Balaban J connectivity index is 2.15. The van der Waals surface area contributed by atoms with Crippen molar-refractivity contribution >= 4 is 15.9 Å². The van der Waals surface area contributed by atoms with Gasteiger partial charge in [-0.3, -0.25) is 0 Å². The molecule has 106 valence electrons. The number of hydrogen-bond acceptors (Lipinski definition) is 1. The maximum atomic E-state index is 3.68. The first-order valence-electron chi connectivity index (χ1n) is 7.06. The molecule has 0 aliphatic rings. The highest BCUT2D eigenvalue weighted by Gasteiger charge is 2.14. The fraction of sp³-hybridized carbons (Fsp3) is 0.333. The Morgan fingerprint density at radius 3 is 2.20 bits per heavy atom. The van der Waals surface area contributed by atoms with Crippen molar-refractivity contribution in [3.05, 3.63) is 69.2 Å². The first-order chi connectivity index (χ1) is 9.49. The summed E-state index contributed by atoms with van der Waals surface area (Å²) in [7, 11) is 0. The van der Waals surface area contributed by atoms with Gasteiger partial charge in [0.1, 0.15) is 0 Å². The Kier molecular flexibility index (Phi) is 5.00. The molecule has 0 heterocycles. The predicted octanol–water partition coefficient (Wildman–Crippen LogP) is 5.48. The second-order valence-corrected chi connectivity index (χ2v) is 6.35. The average molecular weight is 332 g/mol. The average Bonchev–Trinajstić information content (AvgIpc) is 2.38. The summed E-state index contributed by atoms with van der Waals surface area (Å²) in [5.41, 5.74) is 5.33.